The van der Waals surface area contributed by atoms with Gasteiger partial charge in [0.25, 0.3) is 0 Å². The van der Waals surface area contributed by atoms with Crippen LogP contribution in [0.25, 0.3) is 0 Å². The zero-order valence-corrected chi connectivity index (χ0v) is 15.1. The average molecular weight is 358 g/mol. The molecule has 0 spiro atoms. The Hall–Kier alpha value is -1.79. The van der Waals surface area contributed by atoms with Crippen LogP contribution < -0.4 is 0 Å². The van der Waals surface area contributed by atoms with Crippen molar-refractivity contribution in [2.45, 2.75) is 58.7 Å². The molecule has 0 aliphatic carbocycles. The van der Waals surface area contributed by atoms with Gasteiger partial charge in [0.05, 0.1) is 0 Å². The average Bonchev–Trinajstić information content (AvgIpc) is 2.44. The van der Waals surface area contributed by atoms with Crippen LogP contribution in [0.1, 0.15) is 50.4 Å². The van der Waals surface area contributed by atoms with E-state index in [2.05, 4.69) is 4.98 Å². The molecular weight excluding hydrogens is 333 g/mol. The normalized spacial score (nSPS) is 16.8. The maximum atomic E-state index is 12.8. The lowest BCUT2D eigenvalue weighted by atomic mass is 9.90. The van der Waals surface area contributed by atoms with Gasteiger partial charge < -0.3 is 9.64 Å². The topological polar surface area (TPSA) is 42.4 Å². The number of alkyl halides is 3. The Morgan fingerprint density at radius 1 is 1.28 bits per heavy atom. The Labute approximate surface area is 146 Å². The summed E-state index contributed by atoms with van der Waals surface area (Å²) in [6.45, 7) is 8.14. The Bertz CT molecular complexity index is 616. The molecule has 0 radical (unpaired) electrons. The van der Waals surface area contributed by atoms with Crippen molar-refractivity contribution in [2.24, 2.45) is 5.92 Å². The van der Waals surface area contributed by atoms with E-state index in [1.165, 1.54) is 13.1 Å². The van der Waals surface area contributed by atoms with Gasteiger partial charge in [0.15, 0.2) is 0 Å². The predicted octanol–water partition coefficient (Wildman–Crippen LogP) is 4.60. The van der Waals surface area contributed by atoms with Gasteiger partial charge in [-0.2, -0.15) is 13.2 Å². The van der Waals surface area contributed by atoms with Crippen molar-refractivity contribution >= 4 is 6.09 Å². The van der Waals surface area contributed by atoms with Gasteiger partial charge in [0.2, 0.25) is 0 Å². The first-order chi connectivity index (χ1) is 11.5. The number of piperidine rings is 1. The van der Waals surface area contributed by atoms with Gasteiger partial charge in [-0.25, -0.2) is 4.79 Å². The van der Waals surface area contributed by atoms with E-state index >= 15 is 0 Å². The number of rotatable bonds is 2. The fourth-order valence-electron chi connectivity index (χ4n) is 3.02. The quantitative estimate of drug-likeness (QED) is 0.776. The molecule has 0 saturated carbocycles. The molecule has 0 unspecified atom stereocenters. The van der Waals surface area contributed by atoms with Gasteiger partial charge >= 0.3 is 12.3 Å². The molecule has 2 rings (SSSR count). The fraction of sp³-hybridized carbons (Fsp3) is 0.667. The Morgan fingerprint density at radius 3 is 2.36 bits per heavy atom. The molecule has 1 amide bonds. The highest BCUT2D eigenvalue weighted by Gasteiger charge is 2.34. The molecule has 1 aromatic rings. The Kier molecular flexibility index (Phi) is 5.64. The van der Waals surface area contributed by atoms with E-state index in [1.54, 1.807) is 11.0 Å². The highest BCUT2D eigenvalue weighted by Crippen LogP contribution is 2.31. The summed E-state index contributed by atoms with van der Waals surface area (Å²) in [4.78, 5) is 17.3. The third-order valence-corrected chi connectivity index (χ3v) is 4.19. The molecule has 1 aliphatic rings. The van der Waals surface area contributed by atoms with E-state index < -0.39 is 17.5 Å². The van der Waals surface area contributed by atoms with Crippen LogP contribution in [0.3, 0.4) is 0 Å². The number of carbonyl (C=O) groups excluding carboxylic acids is 1. The Morgan fingerprint density at radius 2 is 1.88 bits per heavy atom. The van der Waals surface area contributed by atoms with Crippen LogP contribution in [0.4, 0.5) is 18.0 Å². The molecule has 1 fully saturated rings. The number of nitrogens with zero attached hydrogens (tertiary/aromatic N) is 2. The summed E-state index contributed by atoms with van der Waals surface area (Å²) in [5, 5.41) is 0. The number of halogens is 3. The smallest absolute Gasteiger partial charge is 0.433 e. The van der Waals surface area contributed by atoms with E-state index in [0.717, 1.165) is 18.4 Å². The van der Waals surface area contributed by atoms with Gasteiger partial charge in [0, 0.05) is 19.3 Å². The van der Waals surface area contributed by atoms with Crippen LogP contribution in [0.2, 0.25) is 0 Å². The van der Waals surface area contributed by atoms with E-state index in [-0.39, 0.29) is 11.7 Å². The molecule has 7 heteroatoms. The van der Waals surface area contributed by atoms with Crippen LogP contribution in [0, 0.1) is 12.8 Å². The highest BCUT2D eigenvalue weighted by molar-refractivity contribution is 5.68. The van der Waals surface area contributed by atoms with Crippen molar-refractivity contribution in [2.75, 3.05) is 13.1 Å². The fourth-order valence-corrected chi connectivity index (χ4v) is 3.02. The highest BCUT2D eigenvalue weighted by atomic mass is 19.4. The van der Waals surface area contributed by atoms with Gasteiger partial charge in [-0.05, 0) is 64.0 Å². The van der Waals surface area contributed by atoms with Crippen LogP contribution in [-0.4, -0.2) is 34.7 Å². The lowest BCUT2D eigenvalue weighted by Crippen LogP contribution is -2.42. The number of likely N-dealkylation sites (tertiary alicyclic amines) is 1. The molecule has 1 aliphatic heterocycles. The van der Waals surface area contributed by atoms with Crippen molar-refractivity contribution < 1.29 is 22.7 Å². The van der Waals surface area contributed by atoms with Crippen LogP contribution in [0.15, 0.2) is 12.3 Å². The van der Waals surface area contributed by atoms with Crippen molar-refractivity contribution in [3.05, 3.63) is 29.1 Å². The number of carbonyl (C=O) groups is 1. The minimum absolute atomic E-state index is 0.149. The van der Waals surface area contributed by atoms with Gasteiger partial charge in [-0.3, -0.25) is 4.98 Å². The predicted molar refractivity (Wildman–Crippen MR) is 88.2 cm³/mol. The SMILES string of the molecule is Cc1cc(CC2CCN(C(=O)OC(C)(C)C)CC2)cnc1C(F)(F)F. The molecule has 140 valence electrons. The van der Waals surface area contributed by atoms with Crippen molar-refractivity contribution in [1.82, 2.24) is 9.88 Å². The minimum atomic E-state index is -4.42. The second-order valence-corrected chi connectivity index (χ2v) is 7.62. The van der Waals surface area contributed by atoms with Crippen LogP contribution in [0.5, 0.6) is 0 Å². The number of hydrogen-bond acceptors (Lipinski definition) is 3. The number of aryl methyl sites for hydroxylation is 1. The zero-order valence-electron chi connectivity index (χ0n) is 15.1. The van der Waals surface area contributed by atoms with Gasteiger partial charge in [0.1, 0.15) is 11.3 Å². The third-order valence-electron chi connectivity index (χ3n) is 4.19. The first-order valence-corrected chi connectivity index (χ1v) is 8.46. The second kappa shape index (κ2) is 7.22. The molecule has 0 atom stereocenters. The molecule has 0 bridgehead atoms. The monoisotopic (exact) mass is 358 g/mol. The number of hydrogen-bond donors (Lipinski definition) is 0. The molecule has 4 nitrogen and oxygen atoms in total. The van der Waals surface area contributed by atoms with Crippen molar-refractivity contribution in [3.63, 3.8) is 0 Å². The molecule has 0 N–H and O–H groups in total. The summed E-state index contributed by atoms with van der Waals surface area (Å²) < 4.78 is 43.7. The first kappa shape index (κ1) is 19.5. The maximum absolute atomic E-state index is 12.8. The number of amides is 1. The standard InChI is InChI=1S/C18H25F3N2O2/c1-12-9-14(11-22-15(12)18(19,20)21)10-13-5-7-23(8-6-13)16(24)25-17(2,3)4/h9,11,13H,5-8,10H2,1-4H3. The summed E-state index contributed by atoms with van der Waals surface area (Å²) in [7, 11) is 0. The van der Waals surface area contributed by atoms with Crippen molar-refractivity contribution in [1.29, 1.82) is 0 Å². The Balaban J connectivity index is 1.90. The molecule has 1 saturated heterocycles. The minimum Gasteiger partial charge on any atom is -0.444 e. The summed E-state index contributed by atoms with van der Waals surface area (Å²) >= 11 is 0. The van der Waals surface area contributed by atoms with Gasteiger partial charge in [-0.15, -0.1) is 0 Å². The molecule has 2 heterocycles. The molecule has 25 heavy (non-hydrogen) atoms. The van der Waals surface area contributed by atoms with E-state index in [4.69, 9.17) is 4.74 Å². The summed E-state index contributed by atoms with van der Waals surface area (Å²) in [5.41, 5.74) is -0.384. The summed E-state index contributed by atoms with van der Waals surface area (Å²) in [6.07, 6.45) is -1.12. The van der Waals surface area contributed by atoms with Crippen LogP contribution in [-0.2, 0) is 17.3 Å². The van der Waals surface area contributed by atoms with Gasteiger partial charge in [-0.1, -0.05) is 6.07 Å². The molecule has 0 aromatic carbocycles. The van der Waals surface area contributed by atoms with Crippen molar-refractivity contribution in [3.8, 4) is 0 Å². The van der Waals surface area contributed by atoms with E-state index in [1.807, 2.05) is 20.8 Å². The third kappa shape index (κ3) is 5.61. The van der Waals surface area contributed by atoms with E-state index in [0.29, 0.717) is 25.4 Å². The first-order valence-electron chi connectivity index (χ1n) is 8.46. The maximum Gasteiger partial charge on any atom is 0.433 e. The summed E-state index contributed by atoms with van der Waals surface area (Å²) in [6, 6.07) is 1.57. The zero-order chi connectivity index (χ0) is 18.8. The number of aromatic nitrogens is 1. The molecule has 1 aromatic heterocycles. The van der Waals surface area contributed by atoms with E-state index in [9.17, 15) is 18.0 Å². The molecular formula is C18H25F3N2O2. The number of ether oxygens (including phenoxy) is 1. The lowest BCUT2D eigenvalue weighted by molar-refractivity contribution is -0.141. The second-order valence-electron chi connectivity index (χ2n) is 7.62. The van der Waals surface area contributed by atoms with Crippen LogP contribution >= 0.6 is 0 Å². The summed E-state index contributed by atoms with van der Waals surface area (Å²) in [5.74, 6) is 0.330. The number of pyridine rings is 1. The largest absolute Gasteiger partial charge is 0.444 e. The lowest BCUT2D eigenvalue weighted by Gasteiger charge is -2.33.